The molecule has 0 spiro atoms. The summed E-state index contributed by atoms with van der Waals surface area (Å²) >= 11 is 0. The number of carbonyl (C=O) groups is 2. The van der Waals surface area contributed by atoms with Crippen LogP contribution in [-0.4, -0.2) is 35.3 Å². The molecule has 0 aromatic heterocycles. The highest BCUT2D eigenvalue weighted by atomic mass is 16.2. The van der Waals surface area contributed by atoms with Gasteiger partial charge in [-0.05, 0) is 37.5 Å². The molecule has 2 amide bonds. The van der Waals surface area contributed by atoms with Gasteiger partial charge in [0.25, 0.3) is 0 Å². The fraction of sp³-hybridized carbons (Fsp3) is 0.867. The molecule has 1 heterocycles. The van der Waals surface area contributed by atoms with Crippen LogP contribution < -0.4 is 5.32 Å². The van der Waals surface area contributed by atoms with Gasteiger partial charge in [-0.3, -0.25) is 9.59 Å². The maximum atomic E-state index is 12.4. The number of nitrogens with zero attached hydrogens (tertiary/aromatic N) is 1. The van der Waals surface area contributed by atoms with Crippen LogP contribution >= 0.6 is 0 Å². The van der Waals surface area contributed by atoms with Gasteiger partial charge in [0.1, 0.15) is 12.1 Å². The highest BCUT2D eigenvalue weighted by Crippen LogP contribution is 2.32. The predicted octanol–water partition coefficient (Wildman–Crippen LogP) is 1.79. The summed E-state index contributed by atoms with van der Waals surface area (Å²) in [6.45, 7) is 8.83. The fourth-order valence-electron chi connectivity index (χ4n) is 3.52. The molecule has 0 radical (unpaired) electrons. The number of carbonyl (C=O) groups excluding carboxylic acids is 2. The Labute approximate surface area is 115 Å². The number of hydrogen-bond donors (Lipinski definition) is 1. The van der Waals surface area contributed by atoms with Gasteiger partial charge in [-0.25, -0.2) is 0 Å². The van der Waals surface area contributed by atoms with Gasteiger partial charge in [-0.2, -0.15) is 0 Å². The smallest absolute Gasteiger partial charge is 0.245 e. The van der Waals surface area contributed by atoms with Crippen molar-refractivity contribution in [3.8, 4) is 0 Å². The Morgan fingerprint density at radius 1 is 1.26 bits per heavy atom. The Kier molecular flexibility index (Phi) is 4.16. The Morgan fingerprint density at radius 3 is 2.47 bits per heavy atom. The second-order valence-electron chi connectivity index (χ2n) is 6.69. The van der Waals surface area contributed by atoms with E-state index in [-0.39, 0.29) is 29.8 Å². The monoisotopic (exact) mass is 266 g/mol. The third kappa shape index (κ3) is 2.93. The van der Waals surface area contributed by atoms with Crippen molar-refractivity contribution < 1.29 is 9.59 Å². The highest BCUT2D eigenvalue weighted by molar-refractivity contribution is 5.96. The van der Waals surface area contributed by atoms with E-state index in [0.29, 0.717) is 5.92 Å². The molecule has 1 saturated carbocycles. The van der Waals surface area contributed by atoms with Crippen molar-refractivity contribution in [1.29, 1.82) is 0 Å². The molecule has 4 atom stereocenters. The van der Waals surface area contributed by atoms with E-state index >= 15 is 0 Å². The first-order valence-electron chi connectivity index (χ1n) is 7.51. The molecule has 0 bridgehead atoms. The van der Waals surface area contributed by atoms with Gasteiger partial charge in [0.2, 0.25) is 11.8 Å². The minimum absolute atomic E-state index is 0.00754. The third-order valence-corrected chi connectivity index (χ3v) is 4.51. The lowest BCUT2D eigenvalue weighted by atomic mass is 9.95. The predicted molar refractivity (Wildman–Crippen MR) is 74.4 cm³/mol. The van der Waals surface area contributed by atoms with Gasteiger partial charge < -0.3 is 10.2 Å². The van der Waals surface area contributed by atoms with E-state index in [2.05, 4.69) is 12.2 Å². The molecule has 1 N–H and O–H groups in total. The highest BCUT2D eigenvalue weighted by Gasteiger charge is 2.41. The van der Waals surface area contributed by atoms with E-state index in [1.165, 1.54) is 19.3 Å². The van der Waals surface area contributed by atoms with Gasteiger partial charge in [0, 0.05) is 6.54 Å². The van der Waals surface area contributed by atoms with Crippen LogP contribution in [0.15, 0.2) is 0 Å². The minimum atomic E-state index is -0.374. The van der Waals surface area contributed by atoms with Gasteiger partial charge in [-0.15, -0.1) is 0 Å². The lowest BCUT2D eigenvalue weighted by Crippen LogP contribution is -2.64. The summed E-state index contributed by atoms with van der Waals surface area (Å²) in [5.41, 5.74) is 0. The molecule has 0 aromatic rings. The summed E-state index contributed by atoms with van der Waals surface area (Å²) < 4.78 is 0. The number of nitrogens with one attached hydrogen (secondary N) is 1. The van der Waals surface area contributed by atoms with Crippen molar-refractivity contribution in [2.75, 3.05) is 6.54 Å². The summed E-state index contributed by atoms with van der Waals surface area (Å²) in [6, 6.07) is -0.666. The number of rotatable bonds is 3. The van der Waals surface area contributed by atoms with E-state index in [4.69, 9.17) is 0 Å². The second-order valence-corrected chi connectivity index (χ2v) is 6.69. The van der Waals surface area contributed by atoms with Crippen molar-refractivity contribution in [3.05, 3.63) is 0 Å². The maximum absolute atomic E-state index is 12.4. The van der Waals surface area contributed by atoms with Crippen LogP contribution in [0.2, 0.25) is 0 Å². The van der Waals surface area contributed by atoms with Crippen molar-refractivity contribution in [2.45, 2.75) is 59.0 Å². The molecule has 4 nitrogen and oxygen atoms in total. The first kappa shape index (κ1) is 14.4. The van der Waals surface area contributed by atoms with E-state index in [1.54, 1.807) is 6.92 Å². The zero-order chi connectivity index (χ0) is 14.2. The first-order chi connectivity index (χ1) is 8.90. The van der Waals surface area contributed by atoms with Crippen LogP contribution in [0.4, 0.5) is 0 Å². The largest absolute Gasteiger partial charge is 0.343 e. The van der Waals surface area contributed by atoms with Crippen LogP contribution in [0.5, 0.6) is 0 Å². The Hall–Kier alpha value is -1.06. The van der Waals surface area contributed by atoms with Crippen LogP contribution in [0.1, 0.15) is 47.0 Å². The third-order valence-electron chi connectivity index (χ3n) is 4.51. The van der Waals surface area contributed by atoms with Crippen LogP contribution in [0.3, 0.4) is 0 Å². The number of piperazine rings is 1. The minimum Gasteiger partial charge on any atom is -0.343 e. The summed E-state index contributed by atoms with van der Waals surface area (Å²) in [7, 11) is 0. The maximum Gasteiger partial charge on any atom is 0.245 e. The standard InChI is InChI=1S/C15H26N2O2/c1-9(2)13-14(18)16-11(4)15(19)17(13)8-12-6-5-10(3)7-12/h9-13H,5-8H2,1-4H3,(H,16,18). The molecule has 2 fully saturated rings. The van der Waals surface area contributed by atoms with E-state index in [9.17, 15) is 9.59 Å². The normalized spacial score (nSPS) is 35.9. The average molecular weight is 266 g/mol. The first-order valence-corrected chi connectivity index (χ1v) is 7.51. The van der Waals surface area contributed by atoms with Gasteiger partial charge >= 0.3 is 0 Å². The molecule has 1 aliphatic carbocycles. The van der Waals surface area contributed by atoms with Gasteiger partial charge in [0.15, 0.2) is 0 Å². The molecule has 2 rings (SSSR count). The Morgan fingerprint density at radius 2 is 1.95 bits per heavy atom. The van der Waals surface area contributed by atoms with E-state index < -0.39 is 0 Å². The zero-order valence-electron chi connectivity index (χ0n) is 12.5. The lowest BCUT2D eigenvalue weighted by molar-refractivity contribution is -0.151. The van der Waals surface area contributed by atoms with Crippen molar-refractivity contribution in [3.63, 3.8) is 0 Å². The summed E-state index contributed by atoms with van der Waals surface area (Å²) in [4.78, 5) is 26.3. The van der Waals surface area contributed by atoms with Gasteiger partial charge in [-0.1, -0.05) is 27.2 Å². The summed E-state index contributed by atoms with van der Waals surface area (Å²) in [5, 5.41) is 2.79. The SMILES string of the molecule is CC1CCC(CN2C(=O)C(C)NC(=O)C2C(C)C)C1. The molecule has 1 saturated heterocycles. The van der Waals surface area contributed by atoms with E-state index in [1.807, 2.05) is 18.7 Å². The molecule has 2 aliphatic rings. The van der Waals surface area contributed by atoms with Crippen LogP contribution in [0, 0.1) is 17.8 Å². The Bertz CT molecular complexity index is 367. The quantitative estimate of drug-likeness (QED) is 0.846. The van der Waals surface area contributed by atoms with Crippen molar-refractivity contribution >= 4 is 11.8 Å². The van der Waals surface area contributed by atoms with Crippen molar-refractivity contribution in [2.24, 2.45) is 17.8 Å². The van der Waals surface area contributed by atoms with Crippen LogP contribution in [0.25, 0.3) is 0 Å². The molecule has 108 valence electrons. The molecule has 4 unspecified atom stereocenters. The van der Waals surface area contributed by atoms with E-state index in [0.717, 1.165) is 12.5 Å². The zero-order valence-corrected chi connectivity index (χ0v) is 12.5. The average Bonchev–Trinajstić information content (AvgIpc) is 2.71. The molecule has 0 aromatic carbocycles. The second kappa shape index (κ2) is 5.51. The molecule has 4 heteroatoms. The molecular weight excluding hydrogens is 240 g/mol. The fourth-order valence-corrected chi connectivity index (χ4v) is 3.52. The Balaban J connectivity index is 2.12. The van der Waals surface area contributed by atoms with Crippen LogP contribution in [-0.2, 0) is 9.59 Å². The molecule has 19 heavy (non-hydrogen) atoms. The lowest BCUT2D eigenvalue weighted by Gasteiger charge is -2.41. The number of amides is 2. The summed E-state index contributed by atoms with van der Waals surface area (Å²) in [5.74, 6) is 1.58. The molecular formula is C15H26N2O2. The van der Waals surface area contributed by atoms with Gasteiger partial charge in [0.05, 0.1) is 0 Å². The summed E-state index contributed by atoms with van der Waals surface area (Å²) in [6.07, 6.45) is 3.62. The topological polar surface area (TPSA) is 49.4 Å². The molecule has 1 aliphatic heterocycles. The number of hydrogen-bond acceptors (Lipinski definition) is 2. The van der Waals surface area contributed by atoms with Crippen molar-refractivity contribution in [1.82, 2.24) is 10.2 Å².